The second-order valence-corrected chi connectivity index (χ2v) is 5.61. The Bertz CT molecular complexity index is 620. The fraction of sp³-hybridized carbons (Fsp3) is 0.500. The molecule has 1 aliphatic rings. The highest BCUT2D eigenvalue weighted by atomic mass is 32.2. The Morgan fingerprint density at radius 3 is 3.24 bits per heavy atom. The first kappa shape index (κ1) is 14.1. The first-order valence-electron chi connectivity index (χ1n) is 6.60. The SMILES string of the molecule is Cc1cc(NC(=O)CSc2n[nH]c([C@@H]3CCCO3)n2)no1. The number of aryl methyl sites for hydroxylation is 1. The van der Waals surface area contributed by atoms with Crippen LogP contribution < -0.4 is 5.32 Å². The van der Waals surface area contributed by atoms with Crippen LogP contribution in [0.15, 0.2) is 15.7 Å². The predicted octanol–water partition coefficient (Wildman–Crippen LogP) is 1.68. The van der Waals surface area contributed by atoms with Gasteiger partial charge in [-0.2, -0.15) is 0 Å². The van der Waals surface area contributed by atoms with Gasteiger partial charge in [0.15, 0.2) is 11.6 Å². The molecule has 0 aromatic carbocycles. The zero-order valence-electron chi connectivity index (χ0n) is 11.5. The van der Waals surface area contributed by atoms with Gasteiger partial charge in [0.05, 0.1) is 5.75 Å². The number of carbonyl (C=O) groups excluding carboxylic acids is 1. The molecule has 112 valence electrons. The lowest BCUT2D eigenvalue weighted by Crippen LogP contribution is -2.14. The van der Waals surface area contributed by atoms with Crippen LogP contribution in [-0.4, -0.2) is 38.6 Å². The van der Waals surface area contributed by atoms with Crippen molar-refractivity contribution in [3.05, 3.63) is 17.7 Å². The van der Waals surface area contributed by atoms with Crippen LogP contribution in [-0.2, 0) is 9.53 Å². The van der Waals surface area contributed by atoms with Gasteiger partial charge in [-0.25, -0.2) is 4.98 Å². The number of hydrogen-bond acceptors (Lipinski definition) is 7. The highest BCUT2D eigenvalue weighted by Crippen LogP contribution is 2.26. The fourth-order valence-corrected chi connectivity index (χ4v) is 2.60. The van der Waals surface area contributed by atoms with Gasteiger partial charge in [-0.05, 0) is 19.8 Å². The topological polar surface area (TPSA) is 106 Å². The quantitative estimate of drug-likeness (QED) is 0.809. The van der Waals surface area contributed by atoms with Crippen molar-refractivity contribution in [2.45, 2.75) is 31.0 Å². The van der Waals surface area contributed by atoms with E-state index in [-0.39, 0.29) is 17.8 Å². The van der Waals surface area contributed by atoms with E-state index in [1.54, 1.807) is 13.0 Å². The lowest BCUT2D eigenvalue weighted by Gasteiger charge is -2.02. The fourth-order valence-electron chi connectivity index (χ4n) is 1.99. The molecule has 2 N–H and O–H groups in total. The maximum atomic E-state index is 11.8. The van der Waals surface area contributed by atoms with Gasteiger partial charge in [0, 0.05) is 12.7 Å². The van der Waals surface area contributed by atoms with E-state index < -0.39 is 0 Å². The van der Waals surface area contributed by atoms with Crippen molar-refractivity contribution < 1.29 is 14.1 Å². The van der Waals surface area contributed by atoms with Gasteiger partial charge in [-0.1, -0.05) is 16.9 Å². The summed E-state index contributed by atoms with van der Waals surface area (Å²) < 4.78 is 10.4. The third-order valence-corrected chi connectivity index (χ3v) is 3.79. The van der Waals surface area contributed by atoms with E-state index in [1.165, 1.54) is 11.8 Å². The van der Waals surface area contributed by atoms with Gasteiger partial charge in [-0.3, -0.25) is 9.89 Å². The second kappa shape index (κ2) is 6.27. The van der Waals surface area contributed by atoms with Crippen LogP contribution >= 0.6 is 11.8 Å². The molecular weight excluding hydrogens is 294 g/mol. The number of H-pyrrole nitrogens is 1. The van der Waals surface area contributed by atoms with E-state index in [9.17, 15) is 4.79 Å². The van der Waals surface area contributed by atoms with E-state index in [1.807, 2.05) is 0 Å². The molecule has 1 aliphatic heterocycles. The summed E-state index contributed by atoms with van der Waals surface area (Å²) in [5.74, 6) is 1.80. The number of aromatic amines is 1. The summed E-state index contributed by atoms with van der Waals surface area (Å²) in [4.78, 5) is 16.1. The average Bonchev–Trinajstić information content (AvgIpc) is 3.17. The third kappa shape index (κ3) is 3.61. The molecule has 0 saturated carbocycles. The van der Waals surface area contributed by atoms with Gasteiger partial charge in [0.2, 0.25) is 11.1 Å². The Balaban J connectivity index is 1.49. The largest absolute Gasteiger partial charge is 0.370 e. The lowest BCUT2D eigenvalue weighted by molar-refractivity contribution is -0.113. The second-order valence-electron chi connectivity index (χ2n) is 4.66. The summed E-state index contributed by atoms with van der Waals surface area (Å²) in [5, 5.41) is 13.8. The van der Waals surface area contributed by atoms with Crippen LogP contribution in [0.25, 0.3) is 0 Å². The number of amides is 1. The normalized spacial score (nSPS) is 18.0. The number of nitrogens with one attached hydrogen (secondary N) is 2. The van der Waals surface area contributed by atoms with Crippen molar-refractivity contribution >= 4 is 23.5 Å². The van der Waals surface area contributed by atoms with Gasteiger partial charge in [0.1, 0.15) is 11.9 Å². The molecule has 0 aliphatic carbocycles. The molecule has 1 amide bonds. The molecule has 1 fully saturated rings. The molecule has 0 unspecified atom stereocenters. The lowest BCUT2D eigenvalue weighted by atomic mass is 10.2. The summed E-state index contributed by atoms with van der Waals surface area (Å²) >= 11 is 1.25. The van der Waals surface area contributed by atoms with E-state index in [0.29, 0.717) is 16.7 Å². The summed E-state index contributed by atoms with van der Waals surface area (Å²) in [5.41, 5.74) is 0. The first-order valence-corrected chi connectivity index (χ1v) is 7.59. The Labute approximate surface area is 125 Å². The van der Waals surface area contributed by atoms with Crippen LogP contribution in [0.1, 0.15) is 30.5 Å². The monoisotopic (exact) mass is 309 g/mol. The van der Waals surface area contributed by atoms with Gasteiger partial charge in [0.25, 0.3) is 0 Å². The highest BCUT2D eigenvalue weighted by molar-refractivity contribution is 7.99. The molecule has 8 nitrogen and oxygen atoms in total. The average molecular weight is 309 g/mol. The van der Waals surface area contributed by atoms with Crippen molar-refractivity contribution in [2.75, 3.05) is 17.7 Å². The van der Waals surface area contributed by atoms with E-state index in [2.05, 4.69) is 25.7 Å². The first-order chi connectivity index (χ1) is 10.2. The standard InChI is InChI=1S/C12H15N5O3S/c1-7-5-9(17-20-7)13-10(18)6-21-12-14-11(15-16-12)8-3-2-4-19-8/h5,8H,2-4,6H2,1H3,(H,13,17,18)(H,14,15,16)/t8-/m0/s1. The molecule has 1 atom stereocenters. The van der Waals surface area contributed by atoms with E-state index >= 15 is 0 Å². The van der Waals surface area contributed by atoms with E-state index in [0.717, 1.165) is 25.3 Å². The zero-order chi connectivity index (χ0) is 14.7. The number of nitrogens with zero attached hydrogens (tertiary/aromatic N) is 3. The highest BCUT2D eigenvalue weighted by Gasteiger charge is 2.21. The van der Waals surface area contributed by atoms with E-state index in [4.69, 9.17) is 9.26 Å². The van der Waals surface area contributed by atoms with Crippen molar-refractivity contribution in [1.29, 1.82) is 0 Å². The Hall–Kier alpha value is -1.87. The Kier molecular flexibility index (Phi) is 4.20. The zero-order valence-corrected chi connectivity index (χ0v) is 12.3. The summed E-state index contributed by atoms with van der Waals surface area (Å²) in [6.07, 6.45) is 1.98. The molecule has 3 rings (SSSR count). The van der Waals surface area contributed by atoms with Crippen LogP contribution in [0.2, 0.25) is 0 Å². The summed E-state index contributed by atoms with van der Waals surface area (Å²) in [7, 11) is 0. The Morgan fingerprint density at radius 2 is 2.52 bits per heavy atom. The molecule has 21 heavy (non-hydrogen) atoms. The predicted molar refractivity (Wildman–Crippen MR) is 74.9 cm³/mol. The molecule has 2 aromatic heterocycles. The molecule has 9 heteroatoms. The number of anilines is 1. The molecular formula is C12H15N5O3S. The number of thioether (sulfide) groups is 1. The van der Waals surface area contributed by atoms with Crippen LogP contribution in [0.4, 0.5) is 5.82 Å². The minimum Gasteiger partial charge on any atom is -0.370 e. The van der Waals surface area contributed by atoms with Crippen LogP contribution in [0.3, 0.4) is 0 Å². The van der Waals surface area contributed by atoms with Crippen molar-refractivity contribution in [3.63, 3.8) is 0 Å². The number of hydrogen-bond donors (Lipinski definition) is 2. The molecule has 3 heterocycles. The maximum Gasteiger partial charge on any atom is 0.236 e. The van der Waals surface area contributed by atoms with Crippen molar-refractivity contribution in [2.24, 2.45) is 0 Å². The van der Waals surface area contributed by atoms with Gasteiger partial charge in [-0.15, -0.1) is 5.10 Å². The molecule has 0 spiro atoms. The number of ether oxygens (including phenoxy) is 1. The summed E-state index contributed by atoms with van der Waals surface area (Å²) in [6.45, 7) is 2.52. The number of carbonyl (C=O) groups is 1. The van der Waals surface area contributed by atoms with Crippen molar-refractivity contribution in [3.8, 4) is 0 Å². The van der Waals surface area contributed by atoms with Crippen LogP contribution in [0, 0.1) is 6.92 Å². The molecule has 1 saturated heterocycles. The number of aromatic nitrogens is 4. The molecule has 0 bridgehead atoms. The maximum absolute atomic E-state index is 11.8. The van der Waals surface area contributed by atoms with Gasteiger partial charge < -0.3 is 14.6 Å². The smallest absolute Gasteiger partial charge is 0.236 e. The van der Waals surface area contributed by atoms with Crippen molar-refractivity contribution in [1.82, 2.24) is 20.3 Å². The Morgan fingerprint density at radius 1 is 1.62 bits per heavy atom. The molecule has 0 radical (unpaired) electrons. The van der Waals surface area contributed by atoms with Gasteiger partial charge >= 0.3 is 0 Å². The van der Waals surface area contributed by atoms with Crippen LogP contribution in [0.5, 0.6) is 0 Å². The minimum atomic E-state index is -0.184. The minimum absolute atomic E-state index is 0.00113. The number of rotatable bonds is 5. The third-order valence-electron chi connectivity index (χ3n) is 2.94. The molecule has 2 aromatic rings. The summed E-state index contributed by atoms with van der Waals surface area (Å²) in [6, 6.07) is 1.66.